The Morgan fingerprint density at radius 2 is 2.03 bits per heavy atom. The van der Waals surface area contributed by atoms with Crippen molar-refractivity contribution in [2.24, 2.45) is 5.92 Å². The maximum atomic E-state index is 13.1. The molecule has 170 valence electrons. The van der Waals surface area contributed by atoms with Crippen molar-refractivity contribution in [3.63, 3.8) is 0 Å². The van der Waals surface area contributed by atoms with E-state index in [1.165, 1.54) is 0 Å². The van der Waals surface area contributed by atoms with Crippen LogP contribution in [0.4, 0.5) is 11.5 Å². The van der Waals surface area contributed by atoms with E-state index >= 15 is 0 Å². The maximum Gasteiger partial charge on any atom is 0.255 e. The number of rotatable bonds is 7. The van der Waals surface area contributed by atoms with Crippen molar-refractivity contribution < 1.29 is 19.1 Å². The van der Waals surface area contributed by atoms with E-state index in [0.29, 0.717) is 42.6 Å². The third-order valence-corrected chi connectivity index (χ3v) is 6.38. The molecule has 1 N–H and O–H groups in total. The summed E-state index contributed by atoms with van der Waals surface area (Å²) in [6.45, 7) is 7.25. The zero-order valence-electron chi connectivity index (χ0n) is 18.3. The average Bonchev–Trinajstić information content (AvgIpc) is 2.81. The van der Waals surface area contributed by atoms with E-state index in [1.54, 1.807) is 18.2 Å². The van der Waals surface area contributed by atoms with Gasteiger partial charge in [0, 0.05) is 72.4 Å². The Bertz CT molecular complexity index is 775. The standard InChI is InChI=1S/C22H33N5O4/c1-30-10-2-5-25-6-8-26(9-7-25)22(29)18-13-19-21(23-14-18)24-15-20(28)27(19)16-17-3-11-31-12-4-17/h13-14,17H,2-12,15-16H2,1H3,(H,23,24). The molecule has 9 nitrogen and oxygen atoms in total. The third kappa shape index (κ3) is 5.34. The van der Waals surface area contributed by atoms with Gasteiger partial charge in [-0.15, -0.1) is 0 Å². The molecule has 4 heterocycles. The van der Waals surface area contributed by atoms with Gasteiger partial charge in [0.1, 0.15) is 5.82 Å². The van der Waals surface area contributed by atoms with Crippen molar-refractivity contribution in [2.75, 3.05) is 83.0 Å². The van der Waals surface area contributed by atoms with E-state index in [2.05, 4.69) is 15.2 Å². The molecule has 0 saturated carbocycles. The number of hydrogen-bond acceptors (Lipinski definition) is 7. The van der Waals surface area contributed by atoms with Gasteiger partial charge in [0.25, 0.3) is 5.91 Å². The number of carbonyl (C=O) groups is 2. The lowest BCUT2D eigenvalue weighted by atomic mass is 9.99. The lowest BCUT2D eigenvalue weighted by molar-refractivity contribution is -0.117. The highest BCUT2D eigenvalue weighted by Gasteiger charge is 2.30. The van der Waals surface area contributed by atoms with Gasteiger partial charge < -0.3 is 24.6 Å². The second-order valence-corrected chi connectivity index (χ2v) is 8.49. The quantitative estimate of drug-likeness (QED) is 0.646. The molecule has 0 aliphatic carbocycles. The number of nitrogens with zero attached hydrogens (tertiary/aromatic N) is 4. The minimum absolute atomic E-state index is 0.0177. The first kappa shape index (κ1) is 22.0. The number of carbonyl (C=O) groups excluding carboxylic acids is 2. The van der Waals surface area contributed by atoms with Crippen molar-refractivity contribution in [1.82, 2.24) is 14.8 Å². The predicted octanol–water partition coefficient (Wildman–Crippen LogP) is 1.06. The van der Waals surface area contributed by atoms with Gasteiger partial charge in [0.2, 0.25) is 5.91 Å². The van der Waals surface area contributed by atoms with Gasteiger partial charge >= 0.3 is 0 Å². The van der Waals surface area contributed by atoms with Crippen LogP contribution in [-0.4, -0.2) is 99.3 Å². The minimum Gasteiger partial charge on any atom is -0.385 e. The first-order valence-electron chi connectivity index (χ1n) is 11.3. The van der Waals surface area contributed by atoms with E-state index in [0.717, 1.165) is 58.7 Å². The number of nitrogens with one attached hydrogen (secondary N) is 1. The zero-order chi connectivity index (χ0) is 21.6. The summed E-state index contributed by atoms with van der Waals surface area (Å²) >= 11 is 0. The smallest absolute Gasteiger partial charge is 0.255 e. The van der Waals surface area contributed by atoms with Crippen LogP contribution in [0.25, 0.3) is 0 Å². The molecular formula is C22H33N5O4. The Morgan fingerprint density at radius 3 is 2.77 bits per heavy atom. The van der Waals surface area contributed by atoms with Crippen molar-refractivity contribution in [2.45, 2.75) is 19.3 Å². The van der Waals surface area contributed by atoms with Crippen LogP contribution < -0.4 is 10.2 Å². The Morgan fingerprint density at radius 1 is 1.26 bits per heavy atom. The van der Waals surface area contributed by atoms with Crippen LogP contribution in [0, 0.1) is 5.92 Å². The SMILES string of the molecule is COCCCN1CCN(C(=O)c2cnc3c(c2)N(CC2CCOCC2)C(=O)CN3)CC1. The molecule has 4 rings (SSSR count). The topological polar surface area (TPSA) is 87.2 Å². The molecule has 0 unspecified atom stereocenters. The highest BCUT2D eigenvalue weighted by molar-refractivity contribution is 6.04. The maximum absolute atomic E-state index is 13.1. The van der Waals surface area contributed by atoms with E-state index in [4.69, 9.17) is 9.47 Å². The monoisotopic (exact) mass is 431 g/mol. The normalized spacial score (nSPS) is 20.5. The molecule has 0 bridgehead atoms. The lowest BCUT2D eigenvalue weighted by Gasteiger charge is -2.35. The van der Waals surface area contributed by atoms with Gasteiger partial charge in [-0.05, 0) is 31.2 Å². The summed E-state index contributed by atoms with van der Waals surface area (Å²) in [5, 5.41) is 3.09. The number of aromatic nitrogens is 1. The fourth-order valence-corrected chi connectivity index (χ4v) is 4.48. The summed E-state index contributed by atoms with van der Waals surface area (Å²) < 4.78 is 10.6. The summed E-state index contributed by atoms with van der Waals surface area (Å²) in [4.78, 5) is 36.3. The lowest BCUT2D eigenvalue weighted by Crippen LogP contribution is -2.49. The highest BCUT2D eigenvalue weighted by atomic mass is 16.5. The van der Waals surface area contributed by atoms with Crippen molar-refractivity contribution in [3.8, 4) is 0 Å². The first-order valence-corrected chi connectivity index (χ1v) is 11.3. The Balaban J connectivity index is 1.42. The van der Waals surface area contributed by atoms with Crippen LogP contribution in [-0.2, 0) is 14.3 Å². The minimum atomic E-state index is -0.0177. The van der Waals surface area contributed by atoms with Crippen LogP contribution in [0.2, 0.25) is 0 Å². The number of methoxy groups -OCH3 is 1. The fourth-order valence-electron chi connectivity index (χ4n) is 4.48. The van der Waals surface area contributed by atoms with E-state index in [9.17, 15) is 9.59 Å². The number of amides is 2. The van der Waals surface area contributed by atoms with Gasteiger partial charge in [-0.2, -0.15) is 0 Å². The number of piperazine rings is 1. The second-order valence-electron chi connectivity index (χ2n) is 8.49. The van der Waals surface area contributed by atoms with Crippen LogP contribution >= 0.6 is 0 Å². The number of pyridine rings is 1. The Labute approximate surface area is 183 Å². The van der Waals surface area contributed by atoms with Crippen LogP contribution in [0.5, 0.6) is 0 Å². The van der Waals surface area contributed by atoms with Crippen molar-refractivity contribution in [3.05, 3.63) is 17.8 Å². The largest absolute Gasteiger partial charge is 0.385 e. The van der Waals surface area contributed by atoms with Gasteiger partial charge in [-0.3, -0.25) is 14.5 Å². The Kier molecular flexibility index (Phi) is 7.37. The Hall–Kier alpha value is -2.23. The summed E-state index contributed by atoms with van der Waals surface area (Å²) in [7, 11) is 1.72. The molecule has 3 aliphatic heterocycles. The highest BCUT2D eigenvalue weighted by Crippen LogP contribution is 2.31. The van der Waals surface area contributed by atoms with Gasteiger partial charge in [-0.25, -0.2) is 4.98 Å². The summed E-state index contributed by atoms with van der Waals surface area (Å²) in [6, 6.07) is 1.83. The first-order chi connectivity index (χ1) is 15.2. The molecule has 0 spiro atoms. The second kappa shape index (κ2) is 10.4. The van der Waals surface area contributed by atoms with Crippen LogP contribution in [0.1, 0.15) is 29.6 Å². The van der Waals surface area contributed by atoms with Crippen LogP contribution in [0.3, 0.4) is 0 Å². The molecule has 1 aromatic rings. The van der Waals surface area contributed by atoms with Gasteiger partial charge in [0.15, 0.2) is 0 Å². The molecule has 0 aromatic carbocycles. The molecule has 2 fully saturated rings. The number of ether oxygens (including phenoxy) is 2. The summed E-state index contributed by atoms with van der Waals surface area (Å²) in [5.74, 6) is 1.09. The summed E-state index contributed by atoms with van der Waals surface area (Å²) in [6.07, 6.45) is 4.53. The molecule has 31 heavy (non-hydrogen) atoms. The molecule has 1 aromatic heterocycles. The van der Waals surface area contributed by atoms with Crippen molar-refractivity contribution >= 4 is 23.3 Å². The summed E-state index contributed by atoms with van der Waals surface area (Å²) in [5.41, 5.74) is 1.26. The molecule has 9 heteroatoms. The van der Waals surface area contributed by atoms with E-state index in [-0.39, 0.29) is 18.4 Å². The van der Waals surface area contributed by atoms with E-state index < -0.39 is 0 Å². The molecule has 2 amide bonds. The average molecular weight is 432 g/mol. The molecule has 3 aliphatic rings. The van der Waals surface area contributed by atoms with Gasteiger partial charge in [0.05, 0.1) is 17.8 Å². The molecular weight excluding hydrogens is 398 g/mol. The number of anilines is 2. The fraction of sp³-hybridized carbons (Fsp3) is 0.682. The molecule has 2 saturated heterocycles. The van der Waals surface area contributed by atoms with Crippen LogP contribution in [0.15, 0.2) is 12.3 Å². The third-order valence-electron chi connectivity index (χ3n) is 6.38. The van der Waals surface area contributed by atoms with Crippen molar-refractivity contribution in [1.29, 1.82) is 0 Å². The molecule has 0 radical (unpaired) electrons. The zero-order valence-corrected chi connectivity index (χ0v) is 18.3. The predicted molar refractivity (Wildman–Crippen MR) is 117 cm³/mol. The number of fused-ring (bicyclic) bond motifs is 1. The van der Waals surface area contributed by atoms with E-state index in [1.807, 2.05) is 11.0 Å². The van der Waals surface area contributed by atoms with Gasteiger partial charge in [-0.1, -0.05) is 0 Å². The number of hydrogen-bond donors (Lipinski definition) is 1. The molecule has 0 atom stereocenters.